The van der Waals surface area contributed by atoms with Crippen molar-refractivity contribution < 1.29 is 9.13 Å². The molecule has 1 fully saturated rings. The summed E-state index contributed by atoms with van der Waals surface area (Å²) >= 11 is 0. The summed E-state index contributed by atoms with van der Waals surface area (Å²) in [6.45, 7) is 2.17. The molecular formula is C32H30O2P2. The van der Waals surface area contributed by atoms with Crippen molar-refractivity contribution in [2.75, 3.05) is 0 Å². The number of hydrogen-bond donors (Lipinski definition) is 0. The van der Waals surface area contributed by atoms with Gasteiger partial charge in [0, 0.05) is 32.5 Å². The van der Waals surface area contributed by atoms with Crippen LogP contribution in [0.2, 0.25) is 0 Å². The van der Waals surface area contributed by atoms with Crippen LogP contribution in [-0.4, -0.2) is 11.3 Å². The average molecular weight is 509 g/mol. The van der Waals surface area contributed by atoms with E-state index in [0.29, 0.717) is 0 Å². The fraction of sp³-hybridized carbons (Fsp3) is 0.188. The van der Waals surface area contributed by atoms with Crippen molar-refractivity contribution in [3.8, 4) is 0 Å². The van der Waals surface area contributed by atoms with E-state index in [1.807, 2.05) is 121 Å². The maximum atomic E-state index is 15.7. The van der Waals surface area contributed by atoms with E-state index in [9.17, 15) is 0 Å². The Hall–Kier alpha value is -2.92. The molecule has 0 heterocycles. The average Bonchev–Trinajstić information content (AvgIpc) is 3.52. The number of hydrogen-bond acceptors (Lipinski definition) is 2. The Morgan fingerprint density at radius 1 is 0.528 bits per heavy atom. The molecule has 36 heavy (non-hydrogen) atoms. The maximum Gasteiger partial charge on any atom is 0.147 e. The minimum atomic E-state index is -3.16. The van der Waals surface area contributed by atoms with Crippen molar-refractivity contribution in [1.82, 2.24) is 0 Å². The van der Waals surface area contributed by atoms with Gasteiger partial charge in [0.25, 0.3) is 0 Å². The summed E-state index contributed by atoms with van der Waals surface area (Å²) in [5.74, 6) is 0.277. The van der Waals surface area contributed by atoms with Gasteiger partial charge in [-0.15, -0.1) is 0 Å². The summed E-state index contributed by atoms with van der Waals surface area (Å²) in [6, 6.07) is 39.7. The maximum absolute atomic E-state index is 15.7. The molecule has 1 saturated carbocycles. The first kappa shape index (κ1) is 23.5. The van der Waals surface area contributed by atoms with Crippen molar-refractivity contribution in [1.29, 1.82) is 0 Å². The van der Waals surface area contributed by atoms with Crippen LogP contribution in [0.5, 0.6) is 0 Å². The van der Waals surface area contributed by atoms with Crippen LogP contribution in [0.15, 0.2) is 133 Å². The van der Waals surface area contributed by atoms with Gasteiger partial charge in [0.15, 0.2) is 0 Å². The molecule has 4 atom stereocenters. The molecule has 0 spiro atoms. The monoisotopic (exact) mass is 508 g/mol. The molecule has 0 aromatic heterocycles. The first-order chi connectivity index (χ1) is 17.5. The van der Waals surface area contributed by atoms with E-state index in [4.69, 9.17) is 0 Å². The highest BCUT2D eigenvalue weighted by molar-refractivity contribution is 7.83. The number of rotatable bonds is 6. The first-order valence-corrected chi connectivity index (χ1v) is 16.2. The Labute approximate surface area is 213 Å². The summed E-state index contributed by atoms with van der Waals surface area (Å²) in [5, 5.41) is 3.44. The molecule has 4 aromatic carbocycles. The smallest absolute Gasteiger partial charge is 0.147 e. The zero-order valence-electron chi connectivity index (χ0n) is 20.4. The predicted octanol–water partition coefficient (Wildman–Crippen LogP) is 6.35. The Kier molecular flexibility index (Phi) is 5.99. The fourth-order valence-corrected chi connectivity index (χ4v) is 15.1. The predicted molar refractivity (Wildman–Crippen MR) is 152 cm³/mol. The van der Waals surface area contributed by atoms with Gasteiger partial charge in [-0.25, -0.2) is 0 Å². The van der Waals surface area contributed by atoms with Crippen molar-refractivity contribution >= 4 is 35.5 Å². The van der Waals surface area contributed by atoms with Crippen LogP contribution in [0.1, 0.15) is 13.3 Å². The lowest BCUT2D eigenvalue weighted by molar-refractivity contribution is 0.545. The summed E-state index contributed by atoms with van der Waals surface area (Å²) in [4.78, 5) is 0. The Morgan fingerprint density at radius 2 is 0.861 bits per heavy atom. The molecule has 0 radical (unpaired) electrons. The van der Waals surface area contributed by atoms with Crippen LogP contribution in [0.3, 0.4) is 0 Å². The third kappa shape index (κ3) is 3.54. The molecule has 2 nitrogen and oxygen atoms in total. The molecule has 2 bridgehead atoms. The van der Waals surface area contributed by atoms with Gasteiger partial charge in [-0.2, -0.15) is 0 Å². The van der Waals surface area contributed by atoms with Gasteiger partial charge >= 0.3 is 0 Å². The van der Waals surface area contributed by atoms with Gasteiger partial charge in [-0.3, -0.25) is 0 Å². The highest BCUT2D eigenvalue weighted by Gasteiger charge is 2.61. The molecule has 2 aliphatic rings. The lowest BCUT2D eigenvalue weighted by Gasteiger charge is -2.41. The van der Waals surface area contributed by atoms with Gasteiger partial charge in [0.05, 0.1) is 0 Å². The molecule has 0 unspecified atom stereocenters. The van der Waals surface area contributed by atoms with Crippen LogP contribution in [0, 0.1) is 11.8 Å². The Morgan fingerprint density at radius 3 is 1.22 bits per heavy atom. The van der Waals surface area contributed by atoms with Crippen LogP contribution < -0.4 is 21.2 Å². The van der Waals surface area contributed by atoms with Crippen molar-refractivity contribution in [3.63, 3.8) is 0 Å². The molecule has 0 aliphatic heterocycles. The molecular weight excluding hydrogens is 478 g/mol. The second kappa shape index (κ2) is 9.19. The SMILES string of the molecule is CC1=C[C@@H]2C[C@H]1[C@@H](P(=O)(c1ccccc1)c1ccccc1)[C@@H]2P(=O)(c1ccccc1)c1ccccc1. The Balaban J connectivity index is 1.65. The first-order valence-electron chi connectivity index (χ1n) is 12.6. The third-order valence-electron chi connectivity index (χ3n) is 8.19. The molecule has 0 N–H and O–H groups in total. The second-order valence-electron chi connectivity index (χ2n) is 10.1. The number of fused-ring (bicyclic) bond motifs is 2. The van der Waals surface area contributed by atoms with Gasteiger partial charge in [0.2, 0.25) is 0 Å². The zero-order chi connectivity index (χ0) is 24.8. The lowest BCUT2D eigenvalue weighted by Crippen LogP contribution is -2.42. The topological polar surface area (TPSA) is 34.1 Å². The van der Waals surface area contributed by atoms with E-state index in [2.05, 4.69) is 13.0 Å². The number of allylic oxidation sites excluding steroid dienone is 2. The lowest BCUT2D eigenvalue weighted by atomic mass is 9.99. The molecule has 4 heteroatoms. The highest BCUT2D eigenvalue weighted by atomic mass is 31.2. The van der Waals surface area contributed by atoms with Gasteiger partial charge in [-0.1, -0.05) is 133 Å². The van der Waals surface area contributed by atoms with Crippen molar-refractivity contribution in [2.45, 2.75) is 24.7 Å². The quantitative estimate of drug-likeness (QED) is 0.225. The minimum absolute atomic E-state index is 0.131. The van der Waals surface area contributed by atoms with Crippen molar-refractivity contribution in [3.05, 3.63) is 133 Å². The summed E-state index contributed by atoms with van der Waals surface area (Å²) < 4.78 is 31.4. The summed E-state index contributed by atoms with van der Waals surface area (Å²) in [6.07, 6.45) is 3.24. The summed E-state index contributed by atoms with van der Waals surface area (Å²) in [5.41, 5.74) is 0.826. The van der Waals surface area contributed by atoms with E-state index in [-0.39, 0.29) is 23.2 Å². The minimum Gasteiger partial charge on any atom is -0.313 e. The van der Waals surface area contributed by atoms with E-state index >= 15 is 9.13 Å². The second-order valence-corrected chi connectivity index (χ2v) is 15.9. The molecule has 0 amide bonds. The van der Waals surface area contributed by atoms with Gasteiger partial charge in [-0.05, 0) is 25.2 Å². The molecule has 6 rings (SSSR count). The van der Waals surface area contributed by atoms with Crippen LogP contribution in [-0.2, 0) is 9.13 Å². The van der Waals surface area contributed by atoms with Crippen molar-refractivity contribution in [2.24, 2.45) is 11.8 Å². The van der Waals surface area contributed by atoms with Crippen LogP contribution >= 0.6 is 14.3 Å². The van der Waals surface area contributed by atoms with E-state index in [1.165, 1.54) is 5.57 Å². The molecule has 2 aliphatic carbocycles. The van der Waals surface area contributed by atoms with Gasteiger partial charge in [0.1, 0.15) is 14.3 Å². The third-order valence-corrected chi connectivity index (χ3v) is 15.7. The molecule has 4 aromatic rings. The summed E-state index contributed by atoms with van der Waals surface area (Å²) in [7, 11) is -6.31. The van der Waals surface area contributed by atoms with E-state index in [1.54, 1.807) is 0 Å². The van der Waals surface area contributed by atoms with E-state index in [0.717, 1.165) is 27.6 Å². The molecule has 0 saturated heterocycles. The highest BCUT2D eigenvalue weighted by Crippen LogP contribution is 2.71. The van der Waals surface area contributed by atoms with E-state index < -0.39 is 14.3 Å². The largest absolute Gasteiger partial charge is 0.313 e. The zero-order valence-corrected chi connectivity index (χ0v) is 22.1. The molecule has 180 valence electrons. The normalized spacial score (nSPS) is 23.4. The fourth-order valence-electron chi connectivity index (χ4n) is 6.68. The van der Waals surface area contributed by atoms with Crippen LogP contribution in [0.4, 0.5) is 0 Å². The van der Waals surface area contributed by atoms with Crippen LogP contribution in [0.25, 0.3) is 0 Å². The Bertz CT molecular complexity index is 1390. The standard InChI is InChI=1S/C32H30O2P2/c1-24-22-25-23-30(24)32(36(34,28-18-10-4-11-19-28)29-20-12-5-13-21-29)31(25)35(33,26-14-6-2-7-15-26)27-16-8-3-9-17-27/h2-22,25,30-32H,23H2,1H3/t25-,30-,31-,32-/m1/s1. The van der Waals surface area contributed by atoms with Gasteiger partial charge < -0.3 is 9.13 Å². The number of benzene rings is 4.